The van der Waals surface area contributed by atoms with Crippen LogP contribution in [0.5, 0.6) is 0 Å². The van der Waals surface area contributed by atoms with Gasteiger partial charge in [0.15, 0.2) is 0 Å². The zero-order chi connectivity index (χ0) is 17.2. The summed E-state index contributed by atoms with van der Waals surface area (Å²) in [6.45, 7) is 8.66. The van der Waals surface area contributed by atoms with E-state index >= 15 is 0 Å². The molecule has 23 heavy (non-hydrogen) atoms. The van der Waals surface area contributed by atoms with E-state index in [2.05, 4.69) is 5.10 Å². The quantitative estimate of drug-likeness (QED) is 0.844. The number of amides is 2. The molecular formula is C17H29N3O3. The molecule has 1 fully saturated rings. The first-order chi connectivity index (χ1) is 10.7. The number of hydrazone groups is 1. The first-order valence-electron chi connectivity index (χ1n) is 8.56. The first kappa shape index (κ1) is 17.8. The standard InChI is InChI=1S/C17H29N3O3/c1-12(10-19(16(22)23)17(2,3)4)14-9-15(21)20(18-14)11-13-7-5-6-8-13/h12-13H,5-11H2,1-4H3,(H,22,23). The van der Waals surface area contributed by atoms with Crippen LogP contribution in [0.3, 0.4) is 0 Å². The second-order valence-corrected chi connectivity index (χ2v) is 7.86. The van der Waals surface area contributed by atoms with Gasteiger partial charge in [-0.05, 0) is 39.5 Å². The molecule has 0 radical (unpaired) electrons. The number of rotatable bonds is 5. The molecule has 2 aliphatic rings. The van der Waals surface area contributed by atoms with Crippen LogP contribution in [-0.2, 0) is 4.79 Å². The number of carbonyl (C=O) groups excluding carboxylic acids is 1. The Morgan fingerprint density at radius 2 is 2.00 bits per heavy atom. The third-order valence-electron chi connectivity index (χ3n) is 4.84. The van der Waals surface area contributed by atoms with Gasteiger partial charge >= 0.3 is 6.09 Å². The number of carboxylic acid groups (broad SMARTS) is 1. The molecular weight excluding hydrogens is 294 g/mol. The van der Waals surface area contributed by atoms with Gasteiger partial charge in [0.1, 0.15) is 0 Å². The second-order valence-electron chi connectivity index (χ2n) is 7.86. The monoisotopic (exact) mass is 323 g/mol. The van der Waals surface area contributed by atoms with Gasteiger partial charge in [0.05, 0.1) is 12.1 Å². The van der Waals surface area contributed by atoms with Crippen LogP contribution in [0.4, 0.5) is 4.79 Å². The van der Waals surface area contributed by atoms with Crippen LogP contribution in [0.1, 0.15) is 59.8 Å². The van der Waals surface area contributed by atoms with Crippen molar-refractivity contribution in [2.45, 2.75) is 65.3 Å². The van der Waals surface area contributed by atoms with Gasteiger partial charge in [-0.25, -0.2) is 9.80 Å². The summed E-state index contributed by atoms with van der Waals surface area (Å²) < 4.78 is 0. The molecule has 1 atom stereocenters. The number of hydrogen-bond acceptors (Lipinski definition) is 3. The van der Waals surface area contributed by atoms with E-state index in [1.807, 2.05) is 27.7 Å². The molecule has 0 spiro atoms. The van der Waals surface area contributed by atoms with E-state index in [0.717, 1.165) is 12.3 Å². The molecule has 0 aromatic rings. The average molecular weight is 323 g/mol. The van der Waals surface area contributed by atoms with Crippen molar-refractivity contribution < 1.29 is 14.7 Å². The minimum absolute atomic E-state index is 0.0522. The van der Waals surface area contributed by atoms with E-state index in [1.54, 1.807) is 5.01 Å². The van der Waals surface area contributed by atoms with Crippen molar-refractivity contribution in [3.8, 4) is 0 Å². The highest BCUT2D eigenvalue weighted by Gasteiger charge is 2.33. The van der Waals surface area contributed by atoms with E-state index in [-0.39, 0.29) is 11.8 Å². The lowest BCUT2D eigenvalue weighted by Crippen LogP contribution is -2.47. The number of nitrogens with zero attached hydrogens (tertiary/aromatic N) is 3. The van der Waals surface area contributed by atoms with Crippen molar-refractivity contribution in [1.29, 1.82) is 0 Å². The molecule has 2 rings (SSSR count). The topological polar surface area (TPSA) is 73.2 Å². The Kier molecular flexibility index (Phi) is 5.32. The van der Waals surface area contributed by atoms with Crippen LogP contribution >= 0.6 is 0 Å². The molecule has 1 N–H and O–H groups in total. The zero-order valence-corrected chi connectivity index (χ0v) is 14.7. The molecule has 1 heterocycles. The fourth-order valence-electron chi connectivity index (χ4n) is 3.36. The maximum absolute atomic E-state index is 12.2. The van der Waals surface area contributed by atoms with E-state index in [0.29, 0.717) is 18.9 Å². The summed E-state index contributed by atoms with van der Waals surface area (Å²) in [5.41, 5.74) is 0.343. The summed E-state index contributed by atoms with van der Waals surface area (Å²) >= 11 is 0. The maximum Gasteiger partial charge on any atom is 0.407 e. The highest BCUT2D eigenvalue weighted by molar-refractivity contribution is 6.06. The van der Waals surface area contributed by atoms with E-state index in [1.165, 1.54) is 30.6 Å². The van der Waals surface area contributed by atoms with Crippen LogP contribution in [0.25, 0.3) is 0 Å². The van der Waals surface area contributed by atoms with Crippen LogP contribution in [-0.4, -0.2) is 51.4 Å². The molecule has 0 bridgehead atoms. The molecule has 0 saturated heterocycles. The largest absolute Gasteiger partial charge is 0.465 e. The van der Waals surface area contributed by atoms with Gasteiger partial charge in [0.25, 0.3) is 0 Å². The van der Waals surface area contributed by atoms with Crippen molar-refractivity contribution in [1.82, 2.24) is 9.91 Å². The summed E-state index contributed by atoms with van der Waals surface area (Å²) in [4.78, 5) is 25.1. The molecule has 130 valence electrons. The minimum Gasteiger partial charge on any atom is -0.465 e. The lowest BCUT2D eigenvalue weighted by atomic mass is 9.99. The normalized spacial score (nSPS) is 20.8. The first-order valence-corrected chi connectivity index (χ1v) is 8.56. The Hall–Kier alpha value is -1.59. The molecule has 0 aromatic heterocycles. The van der Waals surface area contributed by atoms with Crippen LogP contribution < -0.4 is 0 Å². The van der Waals surface area contributed by atoms with Gasteiger partial charge in [-0.1, -0.05) is 19.8 Å². The van der Waals surface area contributed by atoms with E-state index in [9.17, 15) is 14.7 Å². The predicted molar refractivity (Wildman–Crippen MR) is 89.4 cm³/mol. The smallest absolute Gasteiger partial charge is 0.407 e. The molecule has 0 aromatic carbocycles. The number of carbonyl (C=O) groups is 2. The third-order valence-corrected chi connectivity index (χ3v) is 4.84. The Balaban J connectivity index is 1.99. The number of hydrogen-bond donors (Lipinski definition) is 1. The predicted octanol–water partition coefficient (Wildman–Crippen LogP) is 3.18. The molecule has 1 aliphatic carbocycles. The summed E-state index contributed by atoms with van der Waals surface area (Å²) in [5, 5.41) is 15.5. The van der Waals surface area contributed by atoms with E-state index < -0.39 is 11.6 Å². The fraction of sp³-hybridized carbons (Fsp3) is 0.824. The molecule has 6 heteroatoms. The molecule has 1 unspecified atom stereocenters. The second kappa shape index (κ2) is 6.89. The van der Waals surface area contributed by atoms with Crippen molar-refractivity contribution in [3.05, 3.63) is 0 Å². The lowest BCUT2D eigenvalue weighted by Gasteiger charge is -2.35. The Morgan fingerprint density at radius 1 is 1.39 bits per heavy atom. The maximum atomic E-state index is 12.2. The molecule has 2 amide bonds. The van der Waals surface area contributed by atoms with Gasteiger partial charge in [0, 0.05) is 24.5 Å². The van der Waals surface area contributed by atoms with Gasteiger partial charge in [0.2, 0.25) is 5.91 Å². The highest BCUT2D eigenvalue weighted by atomic mass is 16.4. The van der Waals surface area contributed by atoms with Gasteiger partial charge in [-0.2, -0.15) is 5.10 Å². The summed E-state index contributed by atoms with van der Waals surface area (Å²) in [6, 6.07) is 0. The lowest BCUT2D eigenvalue weighted by molar-refractivity contribution is -0.129. The Labute approximate surface area is 138 Å². The van der Waals surface area contributed by atoms with Crippen molar-refractivity contribution in [2.24, 2.45) is 16.9 Å². The third kappa shape index (κ3) is 4.45. The highest BCUT2D eigenvalue weighted by Crippen LogP contribution is 2.27. The zero-order valence-electron chi connectivity index (χ0n) is 14.7. The molecule has 1 aliphatic heterocycles. The Morgan fingerprint density at radius 3 is 2.52 bits per heavy atom. The van der Waals surface area contributed by atoms with Crippen LogP contribution in [0.2, 0.25) is 0 Å². The van der Waals surface area contributed by atoms with Crippen molar-refractivity contribution >= 4 is 17.7 Å². The SMILES string of the molecule is CC(CN(C(=O)O)C(C)(C)C)C1=NN(CC2CCCC2)C(=O)C1. The Bertz CT molecular complexity index is 490. The van der Waals surface area contributed by atoms with Crippen molar-refractivity contribution in [3.63, 3.8) is 0 Å². The molecule has 1 saturated carbocycles. The fourth-order valence-corrected chi connectivity index (χ4v) is 3.36. The van der Waals surface area contributed by atoms with Gasteiger partial charge in [-0.15, -0.1) is 0 Å². The molecule has 6 nitrogen and oxygen atoms in total. The average Bonchev–Trinajstić information content (AvgIpc) is 3.05. The van der Waals surface area contributed by atoms with Crippen LogP contribution in [0, 0.1) is 11.8 Å². The van der Waals surface area contributed by atoms with Crippen molar-refractivity contribution in [2.75, 3.05) is 13.1 Å². The summed E-state index contributed by atoms with van der Waals surface area (Å²) in [6.07, 6.45) is 4.25. The summed E-state index contributed by atoms with van der Waals surface area (Å²) in [5.74, 6) is 0.571. The van der Waals surface area contributed by atoms with Gasteiger partial charge < -0.3 is 10.0 Å². The minimum atomic E-state index is -0.933. The van der Waals surface area contributed by atoms with E-state index in [4.69, 9.17) is 0 Å². The van der Waals surface area contributed by atoms with Gasteiger partial charge in [-0.3, -0.25) is 4.79 Å². The summed E-state index contributed by atoms with van der Waals surface area (Å²) in [7, 11) is 0. The van der Waals surface area contributed by atoms with Crippen LogP contribution in [0.15, 0.2) is 5.10 Å².